The minimum absolute atomic E-state index is 0.00108. The smallest absolute Gasteiger partial charge is 0.305 e. The predicted molar refractivity (Wildman–Crippen MR) is 118 cm³/mol. The number of hydrogen-bond donors (Lipinski definition) is 2. The number of aliphatic carboxylic acids is 1. The third-order valence-corrected chi connectivity index (χ3v) is 10.4. The first-order valence-corrected chi connectivity index (χ1v) is 12.8. The molecular weight excluding hydrogens is 467 g/mol. The number of carboxylic acid groups (broad SMARTS) is 1. The fourth-order valence-corrected chi connectivity index (χ4v) is 9.62. The van der Waals surface area contributed by atoms with Crippen molar-refractivity contribution < 1.29 is 23.9 Å². The van der Waals surface area contributed by atoms with Crippen molar-refractivity contribution in [1.82, 2.24) is 9.88 Å². The Morgan fingerprint density at radius 2 is 1.82 bits per heavy atom. The third-order valence-electron chi connectivity index (χ3n) is 7.82. The first-order valence-electron chi connectivity index (χ1n) is 11.1. The lowest BCUT2D eigenvalue weighted by atomic mass is 9.68. The van der Waals surface area contributed by atoms with Crippen molar-refractivity contribution in [3.63, 3.8) is 0 Å². The summed E-state index contributed by atoms with van der Waals surface area (Å²) in [5, 5.41) is 9.82. The standard InChI is InChI=1S/C23H21FN2O5S2/c24-10-5-3-9(4-6-10)14-15-11-8-12(18(15)32-20-19(14)33-23(31)25-20)17-16(11)21(29)26(22(17)30)7-1-2-13(27)28/h3-6,11-12,14-18H,1-2,7-8H2,(H,25,31)(H,27,28). The van der Waals surface area contributed by atoms with Crippen LogP contribution >= 0.6 is 23.1 Å². The zero-order chi connectivity index (χ0) is 23.0. The Morgan fingerprint density at radius 1 is 1.12 bits per heavy atom. The lowest BCUT2D eigenvalue weighted by Crippen LogP contribution is -2.42. The quantitative estimate of drug-likeness (QED) is 0.627. The molecule has 2 aliphatic carbocycles. The van der Waals surface area contributed by atoms with Crippen LogP contribution in [-0.4, -0.2) is 44.6 Å². The van der Waals surface area contributed by atoms with Gasteiger partial charge >= 0.3 is 10.8 Å². The Kier molecular flexibility index (Phi) is 4.81. The summed E-state index contributed by atoms with van der Waals surface area (Å²) in [7, 11) is 0. The molecule has 3 heterocycles. The number of amides is 2. The van der Waals surface area contributed by atoms with E-state index in [1.54, 1.807) is 23.9 Å². The maximum Gasteiger partial charge on any atom is 0.305 e. The fourth-order valence-electron chi connectivity index (χ4n) is 6.73. The average Bonchev–Trinajstić information content (AvgIpc) is 3.49. The van der Waals surface area contributed by atoms with Gasteiger partial charge in [-0.25, -0.2) is 4.39 Å². The number of likely N-dealkylation sites (tertiary alicyclic amines) is 1. The molecule has 3 fully saturated rings. The van der Waals surface area contributed by atoms with Gasteiger partial charge in [-0.2, -0.15) is 0 Å². The number of carbonyl (C=O) groups is 3. The van der Waals surface area contributed by atoms with Crippen LogP contribution in [-0.2, 0) is 14.4 Å². The summed E-state index contributed by atoms with van der Waals surface area (Å²) in [4.78, 5) is 54.7. The molecule has 2 aromatic rings. The van der Waals surface area contributed by atoms with Gasteiger partial charge in [0.2, 0.25) is 11.8 Å². The van der Waals surface area contributed by atoms with Gasteiger partial charge in [-0.3, -0.25) is 24.1 Å². The molecule has 2 aliphatic heterocycles. The van der Waals surface area contributed by atoms with Crippen LogP contribution in [0.3, 0.4) is 0 Å². The van der Waals surface area contributed by atoms with Crippen LogP contribution in [0.15, 0.2) is 34.1 Å². The summed E-state index contributed by atoms with van der Waals surface area (Å²) in [6, 6.07) is 6.35. The van der Waals surface area contributed by atoms with Crippen molar-refractivity contribution in [2.75, 3.05) is 6.54 Å². The largest absolute Gasteiger partial charge is 0.481 e. The van der Waals surface area contributed by atoms with E-state index < -0.39 is 11.9 Å². The van der Waals surface area contributed by atoms with Gasteiger partial charge < -0.3 is 10.1 Å². The highest BCUT2D eigenvalue weighted by molar-refractivity contribution is 8.00. The number of hydrogen-bond acceptors (Lipinski definition) is 6. The topological polar surface area (TPSA) is 108 Å². The van der Waals surface area contributed by atoms with Gasteiger partial charge in [0.05, 0.1) is 16.9 Å². The second-order valence-electron chi connectivity index (χ2n) is 9.34. The number of carboxylic acids is 1. The van der Waals surface area contributed by atoms with E-state index >= 15 is 0 Å². The number of fused-ring (bicyclic) bond motifs is 9. The van der Waals surface area contributed by atoms with Crippen molar-refractivity contribution in [3.05, 3.63) is 50.2 Å². The van der Waals surface area contributed by atoms with E-state index in [0.29, 0.717) is 0 Å². The number of nitrogens with zero attached hydrogens (tertiary/aromatic N) is 1. The molecule has 7 atom stereocenters. The lowest BCUT2D eigenvalue weighted by Gasteiger charge is -2.43. The minimum atomic E-state index is -0.945. The maximum atomic E-state index is 13.7. The molecule has 1 saturated heterocycles. The lowest BCUT2D eigenvalue weighted by molar-refractivity contribution is -0.142. The van der Waals surface area contributed by atoms with Crippen LogP contribution < -0.4 is 4.87 Å². The van der Waals surface area contributed by atoms with Crippen LogP contribution in [0, 0.1) is 35.4 Å². The molecule has 7 unspecified atom stereocenters. The van der Waals surface area contributed by atoms with Crippen molar-refractivity contribution in [1.29, 1.82) is 0 Å². The first-order chi connectivity index (χ1) is 15.8. The maximum absolute atomic E-state index is 13.7. The van der Waals surface area contributed by atoms with Crippen LogP contribution in [0.4, 0.5) is 4.39 Å². The number of aromatic nitrogens is 1. The van der Waals surface area contributed by atoms with E-state index in [1.165, 1.54) is 28.4 Å². The molecule has 1 aromatic heterocycles. The summed E-state index contributed by atoms with van der Waals surface area (Å²) < 4.78 is 13.7. The number of thioether (sulfide) groups is 1. The van der Waals surface area contributed by atoms with E-state index in [0.717, 1.165) is 21.9 Å². The van der Waals surface area contributed by atoms with E-state index in [1.807, 2.05) is 0 Å². The number of thiazole rings is 1. The van der Waals surface area contributed by atoms with E-state index in [9.17, 15) is 23.6 Å². The summed E-state index contributed by atoms with van der Waals surface area (Å²) in [5.41, 5.74) is 0.919. The fraction of sp³-hybridized carbons (Fsp3) is 0.478. The van der Waals surface area contributed by atoms with Gasteiger partial charge in [-0.15, -0.1) is 11.8 Å². The summed E-state index contributed by atoms with van der Waals surface area (Å²) in [6.07, 6.45) is 0.954. The number of rotatable bonds is 5. The molecule has 2 N–H and O–H groups in total. The minimum Gasteiger partial charge on any atom is -0.481 e. The number of imide groups is 1. The van der Waals surface area contributed by atoms with Crippen molar-refractivity contribution in [2.45, 2.75) is 35.5 Å². The van der Waals surface area contributed by atoms with Crippen molar-refractivity contribution in [2.24, 2.45) is 29.6 Å². The molecule has 10 heteroatoms. The van der Waals surface area contributed by atoms with E-state index in [4.69, 9.17) is 5.11 Å². The average molecular weight is 489 g/mol. The molecule has 2 amide bonds. The molecule has 0 spiro atoms. The van der Waals surface area contributed by atoms with Crippen LogP contribution in [0.2, 0.25) is 0 Å². The van der Waals surface area contributed by atoms with Crippen molar-refractivity contribution >= 4 is 40.9 Å². The van der Waals surface area contributed by atoms with Crippen molar-refractivity contribution in [3.8, 4) is 0 Å². The molecule has 2 saturated carbocycles. The second kappa shape index (κ2) is 7.53. The van der Waals surface area contributed by atoms with E-state index in [-0.39, 0.29) is 76.7 Å². The number of halogens is 1. The molecule has 172 valence electrons. The number of benzene rings is 1. The molecule has 6 rings (SSSR count). The zero-order valence-electron chi connectivity index (χ0n) is 17.4. The second-order valence-corrected chi connectivity index (χ2v) is 11.5. The highest BCUT2D eigenvalue weighted by Gasteiger charge is 2.69. The van der Waals surface area contributed by atoms with Gasteiger partial charge in [0.1, 0.15) is 5.82 Å². The molecule has 1 aromatic carbocycles. The number of H-pyrrole nitrogens is 1. The van der Waals surface area contributed by atoms with Crippen LogP contribution in [0.25, 0.3) is 0 Å². The summed E-state index contributed by atoms with van der Waals surface area (Å²) >= 11 is 2.78. The highest BCUT2D eigenvalue weighted by atomic mass is 32.2. The molecule has 4 aliphatic rings. The monoisotopic (exact) mass is 488 g/mol. The first kappa shape index (κ1) is 21.1. The van der Waals surface area contributed by atoms with Gasteiger partial charge in [0.25, 0.3) is 0 Å². The Hall–Kier alpha value is -2.46. The van der Waals surface area contributed by atoms with E-state index in [2.05, 4.69) is 4.98 Å². The zero-order valence-corrected chi connectivity index (χ0v) is 19.0. The number of carbonyl (C=O) groups excluding carboxylic acids is 2. The third kappa shape index (κ3) is 3.06. The SMILES string of the molecule is O=C(O)CCCN1C(=O)C2C3CC(C2C1=O)C1C(c2ccc(F)cc2)c2sc(=O)[nH]c2SC31. The van der Waals surface area contributed by atoms with Gasteiger partial charge in [-0.1, -0.05) is 23.5 Å². The predicted octanol–water partition coefficient (Wildman–Crippen LogP) is 2.91. The Bertz CT molecular complexity index is 1220. The summed E-state index contributed by atoms with van der Waals surface area (Å²) in [5.74, 6) is -2.44. The van der Waals surface area contributed by atoms with Crippen LogP contribution in [0.1, 0.15) is 35.6 Å². The highest BCUT2D eigenvalue weighted by Crippen LogP contribution is 2.68. The number of nitrogens with one attached hydrogen (secondary N) is 1. The molecular formula is C23H21FN2O5S2. The Labute approximate surface area is 196 Å². The summed E-state index contributed by atoms with van der Waals surface area (Å²) in [6.45, 7) is 0.140. The van der Waals surface area contributed by atoms with Gasteiger partial charge in [-0.05, 0) is 48.3 Å². The normalized spacial score (nSPS) is 33.8. The number of aromatic amines is 1. The van der Waals surface area contributed by atoms with Gasteiger partial charge in [0.15, 0.2) is 0 Å². The molecule has 33 heavy (non-hydrogen) atoms. The Morgan fingerprint density at radius 3 is 2.52 bits per heavy atom. The van der Waals surface area contributed by atoms with Crippen LogP contribution in [0.5, 0.6) is 0 Å². The molecule has 0 radical (unpaired) electrons. The molecule has 7 nitrogen and oxygen atoms in total. The molecule has 2 bridgehead atoms. The van der Waals surface area contributed by atoms with Gasteiger partial charge in [0, 0.05) is 29.0 Å². The Balaban J connectivity index is 1.37.